The molecule has 0 radical (unpaired) electrons. The highest BCUT2D eigenvalue weighted by Crippen LogP contribution is 2.16. The maximum absolute atomic E-state index is 11.7. The van der Waals surface area contributed by atoms with Gasteiger partial charge in [-0.15, -0.1) is 0 Å². The van der Waals surface area contributed by atoms with Crippen molar-refractivity contribution in [3.63, 3.8) is 0 Å². The fraction of sp³-hybridized carbons (Fsp3) is 0.118. The molecular weight excluding hydrogens is 294 g/mol. The van der Waals surface area contributed by atoms with E-state index in [1.165, 1.54) is 0 Å². The van der Waals surface area contributed by atoms with Gasteiger partial charge in [-0.3, -0.25) is 0 Å². The normalized spacial score (nSPS) is 10.3. The number of nitrogens with zero attached hydrogens (tertiary/aromatic N) is 2. The van der Waals surface area contributed by atoms with Gasteiger partial charge in [0.1, 0.15) is 5.75 Å². The van der Waals surface area contributed by atoms with E-state index in [1.807, 2.05) is 30.3 Å². The zero-order valence-corrected chi connectivity index (χ0v) is 12.5. The first-order valence-electron chi connectivity index (χ1n) is 7.11. The third-order valence-electron chi connectivity index (χ3n) is 3.13. The molecule has 0 atom stereocenters. The number of carbonyl (C=O) groups is 1. The van der Waals surface area contributed by atoms with E-state index in [-0.39, 0.29) is 0 Å². The van der Waals surface area contributed by atoms with Gasteiger partial charge in [0.05, 0.1) is 0 Å². The molecule has 1 amide bonds. The van der Waals surface area contributed by atoms with Crippen LogP contribution in [0.25, 0.3) is 11.4 Å². The lowest BCUT2D eigenvalue weighted by Gasteiger charge is -2.06. The number of benzene rings is 2. The molecule has 0 saturated carbocycles. The molecule has 3 rings (SSSR count). The van der Waals surface area contributed by atoms with E-state index < -0.39 is 6.09 Å². The number of hydrogen-bond acceptors (Lipinski definition) is 5. The smallest absolute Gasteiger partial charge is 0.410 e. The first kappa shape index (κ1) is 14.8. The second-order valence-corrected chi connectivity index (χ2v) is 4.89. The van der Waals surface area contributed by atoms with Gasteiger partial charge in [-0.2, -0.15) is 4.98 Å². The van der Waals surface area contributed by atoms with Gasteiger partial charge in [0.2, 0.25) is 11.7 Å². The van der Waals surface area contributed by atoms with Crippen molar-refractivity contribution < 1.29 is 14.1 Å². The van der Waals surface area contributed by atoms with Crippen LogP contribution in [-0.4, -0.2) is 16.2 Å². The average molecular weight is 309 g/mol. The van der Waals surface area contributed by atoms with Gasteiger partial charge in [0.25, 0.3) is 0 Å². The molecule has 0 bridgehead atoms. The van der Waals surface area contributed by atoms with Gasteiger partial charge in [-0.25, -0.2) is 4.79 Å². The van der Waals surface area contributed by atoms with Crippen LogP contribution in [0.4, 0.5) is 4.79 Å². The maximum Gasteiger partial charge on any atom is 0.412 e. The Morgan fingerprint density at radius 1 is 1.13 bits per heavy atom. The molecule has 1 N–H and O–H groups in total. The summed E-state index contributed by atoms with van der Waals surface area (Å²) in [6.07, 6.45) is -0.492. The molecule has 1 aromatic heterocycles. The molecule has 0 spiro atoms. The van der Waals surface area contributed by atoms with E-state index in [9.17, 15) is 4.79 Å². The first-order chi connectivity index (χ1) is 11.2. The largest absolute Gasteiger partial charge is 0.412 e. The van der Waals surface area contributed by atoms with E-state index in [1.54, 1.807) is 31.2 Å². The van der Waals surface area contributed by atoms with Crippen molar-refractivity contribution >= 4 is 6.09 Å². The van der Waals surface area contributed by atoms with Gasteiger partial charge in [-0.1, -0.05) is 47.6 Å². The van der Waals surface area contributed by atoms with Gasteiger partial charge < -0.3 is 14.6 Å². The number of nitrogens with one attached hydrogen (secondary N) is 1. The van der Waals surface area contributed by atoms with Crippen molar-refractivity contribution in [2.24, 2.45) is 0 Å². The zero-order chi connectivity index (χ0) is 16.1. The Morgan fingerprint density at radius 2 is 1.87 bits per heavy atom. The molecule has 0 saturated heterocycles. The van der Waals surface area contributed by atoms with Gasteiger partial charge in [-0.05, 0) is 17.7 Å². The first-order valence-corrected chi connectivity index (χ1v) is 7.11. The average Bonchev–Trinajstić information content (AvgIpc) is 3.01. The molecule has 3 aromatic rings. The second kappa shape index (κ2) is 6.74. The lowest BCUT2D eigenvalue weighted by atomic mass is 10.1. The molecule has 0 aliphatic heterocycles. The van der Waals surface area contributed by atoms with Crippen molar-refractivity contribution in [1.82, 2.24) is 15.5 Å². The molecule has 0 aliphatic carbocycles. The SMILES string of the molecule is Cc1nc(-c2ccc(CNC(=O)Oc3ccccc3)cc2)no1. The number of ether oxygens (including phenoxy) is 1. The Labute approximate surface area is 133 Å². The van der Waals surface area contributed by atoms with Gasteiger partial charge in [0.15, 0.2) is 0 Å². The van der Waals surface area contributed by atoms with Crippen LogP contribution in [0, 0.1) is 6.92 Å². The molecule has 0 aliphatic rings. The summed E-state index contributed by atoms with van der Waals surface area (Å²) in [5, 5.41) is 6.56. The van der Waals surface area contributed by atoms with Crippen molar-refractivity contribution in [3.8, 4) is 17.1 Å². The Balaban J connectivity index is 1.55. The van der Waals surface area contributed by atoms with Crippen LogP contribution in [0.5, 0.6) is 5.75 Å². The summed E-state index contributed by atoms with van der Waals surface area (Å²) in [6.45, 7) is 2.12. The van der Waals surface area contributed by atoms with Crippen LogP contribution in [0.1, 0.15) is 11.5 Å². The summed E-state index contributed by atoms with van der Waals surface area (Å²) in [4.78, 5) is 15.9. The van der Waals surface area contributed by atoms with Crippen molar-refractivity contribution in [1.29, 1.82) is 0 Å². The monoisotopic (exact) mass is 309 g/mol. The number of amides is 1. The van der Waals surface area contributed by atoms with Crippen LogP contribution in [0.2, 0.25) is 0 Å². The number of para-hydroxylation sites is 1. The van der Waals surface area contributed by atoms with Gasteiger partial charge in [0, 0.05) is 19.0 Å². The fourth-order valence-corrected chi connectivity index (χ4v) is 1.99. The van der Waals surface area contributed by atoms with E-state index in [0.29, 0.717) is 24.0 Å². The summed E-state index contributed by atoms with van der Waals surface area (Å²) < 4.78 is 10.1. The third kappa shape index (κ3) is 3.94. The molecule has 23 heavy (non-hydrogen) atoms. The highest BCUT2D eigenvalue weighted by Gasteiger charge is 2.07. The standard InChI is InChI=1S/C17H15N3O3/c1-12-19-16(20-23-12)14-9-7-13(8-10-14)11-18-17(21)22-15-5-3-2-4-6-15/h2-10H,11H2,1H3,(H,18,21). The quantitative estimate of drug-likeness (QED) is 0.800. The minimum Gasteiger partial charge on any atom is -0.410 e. The third-order valence-corrected chi connectivity index (χ3v) is 3.13. The van der Waals surface area contributed by atoms with Crippen molar-refractivity contribution in [3.05, 3.63) is 66.1 Å². The summed E-state index contributed by atoms with van der Waals surface area (Å²) in [6, 6.07) is 16.5. The van der Waals surface area contributed by atoms with E-state index in [0.717, 1.165) is 11.1 Å². The Hall–Kier alpha value is -3.15. The molecule has 0 fully saturated rings. The second-order valence-electron chi connectivity index (χ2n) is 4.89. The number of aromatic nitrogens is 2. The number of carbonyl (C=O) groups excluding carboxylic acids is 1. The number of hydrogen-bond donors (Lipinski definition) is 1. The fourth-order valence-electron chi connectivity index (χ4n) is 1.99. The zero-order valence-electron chi connectivity index (χ0n) is 12.5. The summed E-state index contributed by atoms with van der Waals surface area (Å²) in [7, 11) is 0. The lowest BCUT2D eigenvalue weighted by Crippen LogP contribution is -2.26. The highest BCUT2D eigenvalue weighted by molar-refractivity contribution is 5.70. The highest BCUT2D eigenvalue weighted by atomic mass is 16.6. The topological polar surface area (TPSA) is 77.2 Å². The van der Waals surface area contributed by atoms with E-state index in [4.69, 9.17) is 9.26 Å². The van der Waals surface area contributed by atoms with Crippen molar-refractivity contribution in [2.75, 3.05) is 0 Å². The predicted octanol–water partition coefficient (Wildman–Crippen LogP) is 3.33. The van der Waals surface area contributed by atoms with Gasteiger partial charge >= 0.3 is 6.09 Å². The Bertz CT molecular complexity index is 782. The van der Waals surface area contributed by atoms with Crippen LogP contribution in [0.15, 0.2) is 59.1 Å². The Morgan fingerprint density at radius 3 is 2.52 bits per heavy atom. The van der Waals surface area contributed by atoms with Crippen LogP contribution >= 0.6 is 0 Å². The maximum atomic E-state index is 11.7. The summed E-state index contributed by atoms with van der Waals surface area (Å²) >= 11 is 0. The molecule has 116 valence electrons. The van der Waals surface area contributed by atoms with E-state index >= 15 is 0 Å². The number of rotatable bonds is 4. The van der Waals surface area contributed by atoms with Crippen LogP contribution in [0.3, 0.4) is 0 Å². The van der Waals surface area contributed by atoms with Crippen LogP contribution in [-0.2, 0) is 6.54 Å². The molecule has 1 heterocycles. The lowest BCUT2D eigenvalue weighted by molar-refractivity contribution is 0.200. The molecule has 6 heteroatoms. The summed E-state index contributed by atoms with van der Waals surface area (Å²) in [5.74, 6) is 1.58. The minimum atomic E-state index is -0.492. The summed E-state index contributed by atoms with van der Waals surface area (Å²) in [5.41, 5.74) is 1.80. The molecule has 6 nitrogen and oxygen atoms in total. The molecule has 0 unspecified atom stereocenters. The molecule has 2 aromatic carbocycles. The van der Waals surface area contributed by atoms with Crippen molar-refractivity contribution in [2.45, 2.75) is 13.5 Å². The predicted molar refractivity (Wildman–Crippen MR) is 83.8 cm³/mol. The minimum absolute atomic E-state index is 0.372. The van der Waals surface area contributed by atoms with Crippen LogP contribution < -0.4 is 10.1 Å². The molecular formula is C17H15N3O3. The number of aryl methyl sites for hydroxylation is 1. The van der Waals surface area contributed by atoms with E-state index in [2.05, 4.69) is 15.5 Å². The Kier molecular flexibility index (Phi) is 4.33.